The van der Waals surface area contributed by atoms with E-state index < -0.39 is 5.91 Å². The maximum absolute atomic E-state index is 12.5. The Hall–Kier alpha value is -3.72. The van der Waals surface area contributed by atoms with Crippen molar-refractivity contribution in [1.82, 2.24) is 9.97 Å². The number of nitrogens with zero attached hydrogens (tertiary/aromatic N) is 3. The summed E-state index contributed by atoms with van der Waals surface area (Å²) < 4.78 is 0. The van der Waals surface area contributed by atoms with Crippen LogP contribution in [0.2, 0.25) is 0 Å². The number of aryl methyl sites for hydroxylation is 3. The van der Waals surface area contributed by atoms with Crippen molar-refractivity contribution >= 4 is 23.2 Å². The summed E-state index contributed by atoms with van der Waals surface area (Å²) >= 11 is 0. The van der Waals surface area contributed by atoms with E-state index in [0.717, 1.165) is 16.8 Å². The van der Waals surface area contributed by atoms with E-state index in [4.69, 9.17) is 5.26 Å². The lowest BCUT2D eigenvalue weighted by Crippen LogP contribution is -2.15. The van der Waals surface area contributed by atoms with Gasteiger partial charge in [0, 0.05) is 11.9 Å². The molecule has 2 N–H and O–H groups in total. The molecule has 0 spiro atoms. The van der Waals surface area contributed by atoms with Crippen LogP contribution in [0.3, 0.4) is 0 Å². The first-order valence-electron chi connectivity index (χ1n) is 8.46. The van der Waals surface area contributed by atoms with Crippen molar-refractivity contribution in [2.24, 2.45) is 0 Å². The Labute approximate surface area is 157 Å². The molecule has 3 rings (SSSR count). The molecule has 0 unspecified atom stereocenters. The van der Waals surface area contributed by atoms with Gasteiger partial charge in [0.25, 0.3) is 5.91 Å². The van der Waals surface area contributed by atoms with Crippen LogP contribution in [0.25, 0.3) is 0 Å². The van der Waals surface area contributed by atoms with E-state index in [-0.39, 0.29) is 5.69 Å². The Kier molecular flexibility index (Phi) is 5.13. The first-order valence-corrected chi connectivity index (χ1v) is 8.46. The molecule has 0 aliphatic heterocycles. The molecule has 134 valence electrons. The zero-order valence-corrected chi connectivity index (χ0v) is 15.4. The van der Waals surface area contributed by atoms with Crippen molar-refractivity contribution < 1.29 is 4.79 Å². The third kappa shape index (κ3) is 4.10. The molecule has 1 amide bonds. The molecule has 6 heteroatoms. The third-order valence-electron chi connectivity index (χ3n) is 4.10. The molecule has 0 aliphatic carbocycles. The lowest BCUT2D eigenvalue weighted by atomic mass is 10.1. The minimum absolute atomic E-state index is 0.211. The number of benzene rings is 2. The molecule has 3 aromatic rings. The van der Waals surface area contributed by atoms with Crippen LogP contribution < -0.4 is 10.6 Å². The first kappa shape index (κ1) is 18.1. The maximum atomic E-state index is 12.5. The number of para-hydroxylation sites is 1. The summed E-state index contributed by atoms with van der Waals surface area (Å²) in [5.41, 5.74) is 5.31. The molecule has 0 bridgehead atoms. The number of nitriles is 1. The predicted molar refractivity (Wildman–Crippen MR) is 105 cm³/mol. The number of carbonyl (C=O) groups is 1. The molecular formula is C21H19N5O. The first-order chi connectivity index (χ1) is 13.0. The van der Waals surface area contributed by atoms with Gasteiger partial charge in [-0.15, -0.1) is 0 Å². The normalized spacial score (nSPS) is 10.1. The Morgan fingerprint density at radius 2 is 1.78 bits per heavy atom. The van der Waals surface area contributed by atoms with Crippen molar-refractivity contribution in [2.45, 2.75) is 20.8 Å². The zero-order chi connectivity index (χ0) is 19.4. The van der Waals surface area contributed by atoms with Gasteiger partial charge < -0.3 is 10.6 Å². The van der Waals surface area contributed by atoms with E-state index in [1.165, 1.54) is 17.8 Å². The summed E-state index contributed by atoms with van der Waals surface area (Å²) in [4.78, 5) is 21.0. The lowest BCUT2D eigenvalue weighted by Gasteiger charge is -2.13. The number of nitrogens with one attached hydrogen (secondary N) is 2. The second-order valence-corrected chi connectivity index (χ2v) is 6.28. The number of hydrogen-bond donors (Lipinski definition) is 2. The summed E-state index contributed by atoms with van der Waals surface area (Å²) in [5, 5.41) is 15.1. The third-order valence-corrected chi connectivity index (χ3v) is 4.10. The highest BCUT2D eigenvalue weighted by molar-refractivity contribution is 6.03. The molecular weight excluding hydrogens is 338 g/mol. The predicted octanol–water partition coefficient (Wildman–Crippen LogP) is 4.27. The van der Waals surface area contributed by atoms with Gasteiger partial charge in [0.2, 0.25) is 5.95 Å². The summed E-state index contributed by atoms with van der Waals surface area (Å²) in [6.45, 7) is 6.07. The molecule has 2 aromatic carbocycles. The molecule has 6 nitrogen and oxygen atoms in total. The number of hydrogen-bond acceptors (Lipinski definition) is 5. The minimum atomic E-state index is -0.402. The molecule has 0 saturated heterocycles. The fourth-order valence-corrected chi connectivity index (χ4v) is 2.91. The van der Waals surface area contributed by atoms with E-state index in [2.05, 4.69) is 38.8 Å². The molecule has 1 heterocycles. The van der Waals surface area contributed by atoms with Gasteiger partial charge in [0.15, 0.2) is 0 Å². The number of anilines is 3. The second-order valence-electron chi connectivity index (χ2n) is 6.28. The van der Waals surface area contributed by atoms with E-state index >= 15 is 0 Å². The van der Waals surface area contributed by atoms with E-state index in [0.29, 0.717) is 17.2 Å². The van der Waals surface area contributed by atoms with E-state index in [1.807, 2.05) is 20.8 Å². The highest BCUT2D eigenvalue weighted by Gasteiger charge is 2.12. The average molecular weight is 357 g/mol. The topological polar surface area (TPSA) is 90.7 Å². The summed E-state index contributed by atoms with van der Waals surface area (Å²) in [6.07, 6.45) is 1.53. The second kappa shape index (κ2) is 7.67. The van der Waals surface area contributed by atoms with Crippen molar-refractivity contribution in [1.29, 1.82) is 5.26 Å². The van der Waals surface area contributed by atoms with Gasteiger partial charge in [-0.3, -0.25) is 4.79 Å². The van der Waals surface area contributed by atoms with Gasteiger partial charge in [-0.05, 0) is 50.1 Å². The number of rotatable bonds is 4. The molecule has 27 heavy (non-hydrogen) atoms. The number of carbonyl (C=O) groups excluding carboxylic acids is 1. The number of amides is 1. The monoisotopic (exact) mass is 357 g/mol. The minimum Gasteiger partial charge on any atom is -0.324 e. The quantitative estimate of drug-likeness (QED) is 0.728. The van der Waals surface area contributed by atoms with Crippen LogP contribution in [0.5, 0.6) is 0 Å². The molecule has 0 atom stereocenters. The smallest absolute Gasteiger partial charge is 0.274 e. The summed E-state index contributed by atoms with van der Waals surface area (Å²) in [5.74, 6) is -0.0632. The molecule has 1 aromatic heterocycles. The zero-order valence-electron chi connectivity index (χ0n) is 15.4. The van der Waals surface area contributed by atoms with Crippen LogP contribution in [-0.4, -0.2) is 15.9 Å². The average Bonchev–Trinajstić information content (AvgIpc) is 2.65. The Balaban J connectivity index is 1.84. The Bertz CT molecular complexity index is 1030. The maximum Gasteiger partial charge on any atom is 0.274 e. The van der Waals surface area contributed by atoms with Crippen LogP contribution in [0.15, 0.2) is 48.7 Å². The van der Waals surface area contributed by atoms with Crippen molar-refractivity contribution in [3.05, 3.63) is 76.6 Å². The highest BCUT2D eigenvalue weighted by Crippen LogP contribution is 2.24. The van der Waals surface area contributed by atoms with Gasteiger partial charge in [-0.25, -0.2) is 9.97 Å². The van der Waals surface area contributed by atoms with Crippen LogP contribution in [0.1, 0.15) is 32.7 Å². The summed E-state index contributed by atoms with van der Waals surface area (Å²) in [7, 11) is 0. The van der Waals surface area contributed by atoms with Gasteiger partial charge >= 0.3 is 0 Å². The van der Waals surface area contributed by atoms with E-state index in [1.54, 1.807) is 24.3 Å². The van der Waals surface area contributed by atoms with Crippen molar-refractivity contribution in [3.63, 3.8) is 0 Å². The van der Waals surface area contributed by atoms with Crippen LogP contribution in [0, 0.1) is 32.1 Å². The van der Waals surface area contributed by atoms with Crippen LogP contribution in [0.4, 0.5) is 17.3 Å². The molecule has 0 saturated carbocycles. The molecule has 0 fully saturated rings. The highest BCUT2D eigenvalue weighted by atomic mass is 16.1. The SMILES string of the molecule is Cc1cc(C)c(Nc2nccc(C(=O)Nc3ccccc3C#N)n2)c(C)c1. The Morgan fingerprint density at radius 3 is 2.48 bits per heavy atom. The molecule has 0 aliphatic rings. The van der Waals surface area contributed by atoms with Crippen molar-refractivity contribution in [2.75, 3.05) is 10.6 Å². The summed E-state index contributed by atoms with van der Waals surface area (Å²) in [6, 6.07) is 14.6. The van der Waals surface area contributed by atoms with Crippen LogP contribution in [-0.2, 0) is 0 Å². The standard InChI is InChI=1S/C21H19N5O/c1-13-10-14(2)19(15(3)11-13)26-21-23-9-8-18(25-21)20(27)24-17-7-5-4-6-16(17)12-22/h4-11H,1-3H3,(H,24,27)(H,23,25,26). The number of aromatic nitrogens is 2. The van der Waals surface area contributed by atoms with Gasteiger partial charge in [0.05, 0.1) is 11.3 Å². The van der Waals surface area contributed by atoms with Crippen LogP contribution >= 0.6 is 0 Å². The van der Waals surface area contributed by atoms with Gasteiger partial charge in [-0.2, -0.15) is 5.26 Å². The Morgan fingerprint density at radius 1 is 1.07 bits per heavy atom. The largest absolute Gasteiger partial charge is 0.324 e. The molecule has 0 radical (unpaired) electrons. The van der Waals surface area contributed by atoms with Crippen molar-refractivity contribution in [3.8, 4) is 6.07 Å². The lowest BCUT2D eigenvalue weighted by molar-refractivity contribution is 0.102. The fraction of sp³-hybridized carbons (Fsp3) is 0.143. The van der Waals surface area contributed by atoms with Gasteiger partial charge in [0.1, 0.15) is 11.8 Å². The van der Waals surface area contributed by atoms with E-state index in [9.17, 15) is 4.79 Å². The van der Waals surface area contributed by atoms with Gasteiger partial charge in [-0.1, -0.05) is 29.8 Å². The fourth-order valence-electron chi connectivity index (χ4n) is 2.91.